The Morgan fingerprint density at radius 3 is 2.32 bits per heavy atom. The summed E-state index contributed by atoms with van der Waals surface area (Å²) in [5.41, 5.74) is -0.487. The number of amides is 2. The van der Waals surface area contributed by atoms with E-state index in [0.29, 0.717) is 0 Å². The van der Waals surface area contributed by atoms with Crippen LogP contribution >= 0.6 is 0 Å². The van der Waals surface area contributed by atoms with E-state index in [4.69, 9.17) is 0 Å². The van der Waals surface area contributed by atoms with E-state index in [-0.39, 0.29) is 19.0 Å². The highest BCUT2D eigenvalue weighted by Gasteiger charge is 2.42. The molecule has 0 spiro atoms. The number of carbonyl (C=O) groups excluding carboxylic acids is 2. The maximum absolute atomic E-state index is 12.9. The zero-order chi connectivity index (χ0) is 14.7. The van der Waals surface area contributed by atoms with Gasteiger partial charge in [0.25, 0.3) is 5.92 Å². The predicted octanol–water partition coefficient (Wildman–Crippen LogP) is 0.262. The minimum absolute atomic E-state index is 0.118. The molecule has 3 N–H and O–H groups in total. The van der Waals surface area contributed by atoms with Crippen molar-refractivity contribution in [3.63, 3.8) is 0 Å². The van der Waals surface area contributed by atoms with Crippen molar-refractivity contribution in [2.45, 2.75) is 39.2 Å². The SMILES string of the molecule is CC(C)(C)C(=O)NCCNC(=O)C1CC(F)(F)CN1. The molecule has 0 bridgehead atoms. The van der Waals surface area contributed by atoms with E-state index in [1.54, 1.807) is 20.8 Å². The van der Waals surface area contributed by atoms with Gasteiger partial charge >= 0.3 is 0 Å². The fourth-order valence-corrected chi connectivity index (χ4v) is 1.65. The molecule has 1 aliphatic rings. The Morgan fingerprint density at radius 1 is 1.26 bits per heavy atom. The summed E-state index contributed by atoms with van der Waals surface area (Å²) < 4.78 is 25.8. The van der Waals surface area contributed by atoms with Crippen LogP contribution in [0.2, 0.25) is 0 Å². The molecule has 1 atom stereocenters. The van der Waals surface area contributed by atoms with E-state index in [9.17, 15) is 18.4 Å². The second kappa shape index (κ2) is 5.81. The van der Waals surface area contributed by atoms with Crippen molar-refractivity contribution in [3.8, 4) is 0 Å². The summed E-state index contributed by atoms with van der Waals surface area (Å²) in [7, 11) is 0. The Labute approximate surface area is 111 Å². The number of alkyl halides is 2. The first-order valence-electron chi connectivity index (χ1n) is 6.29. The summed E-state index contributed by atoms with van der Waals surface area (Å²) in [6.45, 7) is 5.39. The van der Waals surface area contributed by atoms with Gasteiger partial charge in [0, 0.05) is 24.9 Å². The van der Waals surface area contributed by atoms with Crippen molar-refractivity contribution in [2.24, 2.45) is 5.41 Å². The van der Waals surface area contributed by atoms with Crippen molar-refractivity contribution >= 4 is 11.8 Å². The number of rotatable bonds is 4. The van der Waals surface area contributed by atoms with E-state index >= 15 is 0 Å². The molecular formula is C12H21F2N3O2. The van der Waals surface area contributed by atoms with Gasteiger partial charge in [0.1, 0.15) is 0 Å². The van der Waals surface area contributed by atoms with Crippen molar-refractivity contribution in [2.75, 3.05) is 19.6 Å². The molecule has 2 amide bonds. The molecular weight excluding hydrogens is 256 g/mol. The van der Waals surface area contributed by atoms with Crippen molar-refractivity contribution in [3.05, 3.63) is 0 Å². The molecule has 0 aliphatic carbocycles. The lowest BCUT2D eigenvalue weighted by Crippen LogP contribution is -2.44. The van der Waals surface area contributed by atoms with Gasteiger partial charge in [0.15, 0.2) is 0 Å². The fraction of sp³-hybridized carbons (Fsp3) is 0.833. The van der Waals surface area contributed by atoms with E-state index in [2.05, 4.69) is 16.0 Å². The molecule has 0 aromatic carbocycles. The lowest BCUT2D eigenvalue weighted by molar-refractivity contribution is -0.129. The summed E-state index contributed by atoms with van der Waals surface area (Å²) >= 11 is 0. The summed E-state index contributed by atoms with van der Waals surface area (Å²) in [5, 5.41) is 7.65. The molecule has 0 aromatic rings. The van der Waals surface area contributed by atoms with E-state index in [0.717, 1.165) is 0 Å². The number of hydrogen-bond donors (Lipinski definition) is 3. The molecule has 0 saturated carbocycles. The average molecular weight is 277 g/mol. The second-order valence-electron chi connectivity index (χ2n) is 5.79. The van der Waals surface area contributed by atoms with Crippen LogP contribution in [0, 0.1) is 5.41 Å². The normalized spacial score (nSPS) is 22.1. The number of carbonyl (C=O) groups is 2. The molecule has 19 heavy (non-hydrogen) atoms. The second-order valence-corrected chi connectivity index (χ2v) is 5.79. The van der Waals surface area contributed by atoms with Gasteiger partial charge in [-0.15, -0.1) is 0 Å². The molecule has 0 aromatic heterocycles. The van der Waals surface area contributed by atoms with E-state index < -0.39 is 36.3 Å². The van der Waals surface area contributed by atoms with Crippen LogP contribution < -0.4 is 16.0 Å². The summed E-state index contributed by atoms with van der Waals surface area (Å²) in [4.78, 5) is 23.1. The maximum atomic E-state index is 12.9. The van der Waals surface area contributed by atoms with Gasteiger partial charge < -0.3 is 10.6 Å². The van der Waals surface area contributed by atoms with Crippen LogP contribution in [0.25, 0.3) is 0 Å². The van der Waals surface area contributed by atoms with Crippen molar-refractivity contribution in [1.82, 2.24) is 16.0 Å². The topological polar surface area (TPSA) is 70.2 Å². The monoisotopic (exact) mass is 277 g/mol. The Bertz CT molecular complexity index is 353. The van der Waals surface area contributed by atoms with Gasteiger partial charge in [-0.3, -0.25) is 14.9 Å². The van der Waals surface area contributed by atoms with Gasteiger partial charge in [0.2, 0.25) is 11.8 Å². The Hall–Kier alpha value is -1.24. The molecule has 1 unspecified atom stereocenters. The smallest absolute Gasteiger partial charge is 0.262 e. The third kappa shape index (κ3) is 5.10. The van der Waals surface area contributed by atoms with E-state index in [1.807, 2.05) is 0 Å². The van der Waals surface area contributed by atoms with Gasteiger partial charge in [-0.05, 0) is 0 Å². The number of halogens is 2. The first kappa shape index (κ1) is 15.8. The minimum Gasteiger partial charge on any atom is -0.354 e. The van der Waals surface area contributed by atoms with Gasteiger partial charge in [-0.2, -0.15) is 0 Å². The third-order valence-electron chi connectivity index (χ3n) is 2.82. The number of hydrogen-bond acceptors (Lipinski definition) is 3. The highest BCUT2D eigenvalue weighted by atomic mass is 19.3. The first-order chi connectivity index (χ1) is 8.62. The third-order valence-corrected chi connectivity index (χ3v) is 2.82. The molecule has 1 aliphatic heterocycles. The fourth-order valence-electron chi connectivity index (χ4n) is 1.65. The van der Waals surface area contributed by atoms with Crippen LogP contribution in [-0.2, 0) is 9.59 Å². The van der Waals surface area contributed by atoms with Crippen molar-refractivity contribution in [1.29, 1.82) is 0 Å². The average Bonchev–Trinajstić information content (AvgIpc) is 2.63. The summed E-state index contributed by atoms with van der Waals surface area (Å²) in [5.74, 6) is -3.39. The van der Waals surface area contributed by atoms with Crippen molar-refractivity contribution < 1.29 is 18.4 Å². The van der Waals surface area contributed by atoms with Crippen LogP contribution in [0.15, 0.2) is 0 Å². The molecule has 5 nitrogen and oxygen atoms in total. The predicted molar refractivity (Wildman–Crippen MR) is 66.8 cm³/mol. The molecule has 7 heteroatoms. The van der Waals surface area contributed by atoms with Gasteiger partial charge in [0.05, 0.1) is 12.6 Å². The summed E-state index contributed by atoms with van der Waals surface area (Å²) in [6, 6.07) is -0.853. The zero-order valence-electron chi connectivity index (χ0n) is 11.5. The van der Waals surface area contributed by atoms with E-state index in [1.165, 1.54) is 0 Å². The zero-order valence-corrected chi connectivity index (χ0v) is 11.5. The lowest BCUT2D eigenvalue weighted by atomic mass is 9.96. The van der Waals surface area contributed by atoms with Crippen LogP contribution in [-0.4, -0.2) is 43.4 Å². The first-order valence-corrected chi connectivity index (χ1v) is 6.29. The Kier molecular flexibility index (Phi) is 4.84. The Balaban J connectivity index is 2.20. The standard InChI is InChI=1S/C12H21F2N3O2/c1-11(2,3)10(19)16-5-4-15-9(18)8-6-12(13,14)7-17-8/h8,17H,4-7H2,1-3H3,(H,15,18)(H,16,19). The summed E-state index contributed by atoms with van der Waals surface area (Å²) in [6.07, 6.45) is -0.479. The van der Waals surface area contributed by atoms with Crippen LogP contribution in [0.5, 0.6) is 0 Å². The van der Waals surface area contributed by atoms with Crippen LogP contribution in [0.3, 0.4) is 0 Å². The lowest BCUT2D eigenvalue weighted by Gasteiger charge is -2.18. The minimum atomic E-state index is -2.82. The van der Waals surface area contributed by atoms with Gasteiger partial charge in [-0.25, -0.2) is 8.78 Å². The van der Waals surface area contributed by atoms with Crippen LogP contribution in [0.4, 0.5) is 8.78 Å². The van der Waals surface area contributed by atoms with Crippen LogP contribution in [0.1, 0.15) is 27.2 Å². The Morgan fingerprint density at radius 2 is 1.84 bits per heavy atom. The highest BCUT2D eigenvalue weighted by molar-refractivity contribution is 5.83. The largest absolute Gasteiger partial charge is 0.354 e. The molecule has 1 heterocycles. The van der Waals surface area contributed by atoms with Gasteiger partial charge in [-0.1, -0.05) is 20.8 Å². The molecule has 110 valence electrons. The molecule has 1 saturated heterocycles. The maximum Gasteiger partial charge on any atom is 0.262 e. The molecule has 1 rings (SSSR count). The quantitative estimate of drug-likeness (QED) is 0.646. The number of nitrogens with one attached hydrogen (secondary N) is 3. The molecule has 1 fully saturated rings. The molecule has 0 radical (unpaired) electrons. The highest BCUT2D eigenvalue weighted by Crippen LogP contribution is 2.24.